The van der Waals surface area contributed by atoms with Crippen molar-refractivity contribution in [2.24, 2.45) is 18.7 Å². The Morgan fingerprint density at radius 2 is 1.89 bits per heavy atom. The summed E-state index contributed by atoms with van der Waals surface area (Å²) in [4.78, 5) is 4.22. The Bertz CT molecular complexity index is 1250. The molecule has 13 heteroatoms. The average Bonchev–Trinajstić information content (AvgIpc) is 3.58. The third kappa shape index (κ3) is 5.18. The third-order valence-corrected chi connectivity index (χ3v) is 7.81. The number of nitrogens with zero attached hydrogens (tertiary/aromatic N) is 3. The minimum absolute atomic E-state index is 0.0108. The van der Waals surface area contributed by atoms with Crippen molar-refractivity contribution in [3.63, 3.8) is 0 Å². The predicted molar refractivity (Wildman–Crippen MR) is 132 cm³/mol. The number of benzene rings is 1. The monoisotopic (exact) mass is 538 g/mol. The number of aromatic nitrogens is 3. The minimum Gasteiger partial charge on any atom is -0.389 e. The van der Waals surface area contributed by atoms with E-state index in [9.17, 15) is 23.4 Å². The Labute approximate surface area is 215 Å². The number of aryl methyl sites for hydroxylation is 1. The summed E-state index contributed by atoms with van der Waals surface area (Å²) in [7, 11) is 1.69. The highest BCUT2D eigenvalue weighted by molar-refractivity contribution is 7.18. The third-order valence-electron chi connectivity index (χ3n) is 6.89. The maximum atomic E-state index is 14.9. The molecule has 5 rings (SSSR count). The van der Waals surface area contributed by atoms with Crippen LogP contribution in [0.4, 0.5) is 23.9 Å². The smallest absolute Gasteiger partial charge is 0.171 e. The van der Waals surface area contributed by atoms with Crippen LogP contribution in [0.5, 0.6) is 0 Å². The molecule has 3 heterocycles. The zero-order valence-corrected chi connectivity index (χ0v) is 20.9. The molecule has 2 aliphatic rings. The van der Waals surface area contributed by atoms with Crippen molar-refractivity contribution in [3.05, 3.63) is 46.9 Å². The van der Waals surface area contributed by atoms with Crippen molar-refractivity contribution < 1.29 is 28.1 Å². The number of halogens is 3. The van der Waals surface area contributed by atoms with Crippen LogP contribution in [0.25, 0.3) is 10.6 Å². The highest BCUT2D eigenvalue weighted by Gasteiger charge is 2.33. The summed E-state index contributed by atoms with van der Waals surface area (Å²) < 4.78 is 51.1. The second-order valence-corrected chi connectivity index (χ2v) is 10.6. The van der Waals surface area contributed by atoms with E-state index >= 15 is 0 Å². The summed E-state index contributed by atoms with van der Waals surface area (Å²) in [5, 5.41) is 28.2. The van der Waals surface area contributed by atoms with Gasteiger partial charge in [0.2, 0.25) is 0 Å². The molecular weight excluding hydrogens is 509 g/mol. The molecule has 5 atom stereocenters. The lowest BCUT2D eigenvalue weighted by molar-refractivity contribution is 0.0246. The quantitative estimate of drug-likeness (QED) is 0.288. The fourth-order valence-corrected chi connectivity index (χ4v) is 5.52. The van der Waals surface area contributed by atoms with Gasteiger partial charge in [-0.3, -0.25) is 4.68 Å². The molecule has 7 N–H and O–H groups in total. The Kier molecular flexibility index (Phi) is 7.16. The van der Waals surface area contributed by atoms with Crippen molar-refractivity contribution in [1.82, 2.24) is 14.8 Å². The van der Waals surface area contributed by atoms with Crippen LogP contribution >= 0.6 is 11.3 Å². The van der Waals surface area contributed by atoms with Crippen LogP contribution in [0, 0.1) is 17.6 Å². The standard InChI is InChI=1S/C24H29F3N6O3S/c1-33-20(17-5-4-15(28)14(27)9-36-17)16(8-30-33)31-23(35)19-22(29)37-24(32-19)18-12(25)6-11(7-13(18)26)21(34)10-2-3-10/h6-8,10,14-15,17,21,23,31,34-35H,2-5,9,28-29H2,1H3/t14-,15-,17+,21?,23?/m1/s1. The van der Waals surface area contributed by atoms with E-state index in [2.05, 4.69) is 15.4 Å². The molecule has 0 radical (unpaired) electrons. The number of ether oxygens (including phenoxy) is 1. The molecule has 1 aliphatic heterocycles. The summed E-state index contributed by atoms with van der Waals surface area (Å²) in [6.45, 7) is -0.158. The molecule has 2 unspecified atom stereocenters. The number of nitrogens with two attached hydrogens (primary N) is 2. The molecule has 1 saturated carbocycles. The number of hydrogen-bond acceptors (Lipinski definition) is 9. The summed E-state index contributed by atoms with van der Waals surface area (Å²) in [5.74, 6) is -1.73. The molecule has 9 nitrogen and oxygen atoms in total. The first-order chi connectivity index (χ1) is 17.6. The summed E-state index contributed by atoms with van der Waals surface area (Å²) in [6, 6.07) is 1.59. The topological polar surface area (TPSA) is 144 Å². The zero-order chi connectivity index (χ0) is 26.4. The predicted octanol–water partition coefficient (Wildman–Crippen LogP) is 3.47. The molecule has 1 aromatic carbocycles. The van der Waals surface area contributed by atoms with E-state index in [-0.39, 0.29) is 39.4 Å². The SMILES string of the molecule is Cn1ncc(NC(O)c2nc(-c3c(F)cc(C(O)C4CC4)cc3F)sc2N)c1[C@@H]1CC[C@@H](N)[C@H](F)CO1. The van der Waals surface area contributed by atoms with Gasteiger partial charge in [-0.25, -0.2) is 18.2 Å². The fourth-order valence-electron chi connectivity index (χ4n) is 4.61. The van der Waals surface area contributed by atoms with E-state index in [1.54, 1.807) is 11.7 Å². The van der Waals surface area contributed by atoms with Gasteiger partial charge in [0.05, 0.1) is 35.9 Å². The van der Waals surface area contributed by atoms with Crippen molar-refractivity contribution in [1.29, 1.82) is 0 Å². The molecule has 2 aromatic heterocycles. The van der Waals surface area contributed by atoms with Gasteiger partial charge >= 0.3 is 0 Å². The molecule has 200 valence electrons. The van der Waals surface area contributed by atoms with E-state index < -0.39 is 42.3 Å². The molecule has 0 spiro atoms. The largest absolute Gasteiger partial charge is 0.389 e. The van der Waals surface area contributed by atoms with Gasteiger partial charge in [0, 0.05) is 13.1 Å². The lowest BCUT2D eigenvalue weighted by Crippen LogP contribution is -2.32. The van der Waals surface area contributed by atoms with Crippen LogP contribution in [0.1, 0.15) is 61.1 Å². The van der Waals surface area contributed by atoms with E-state index in [1.165, 1.54) is 6.20 Å². The van der Waals surface area contributed by atoms with Crippen molar-refractivity contribution in [2.75, 3.05) is 17.7 Å². The minimum atomic E-state index is -1.43. The molecule has 2 fully saturated rings. The van der Waals surface area contributed by atoms with Gasteiger partial charge in [0.15, 0.2) is 6.23 Å². The Morgan fingerprint density at radius 1 is 1.19 bits per heavy atom. The Balaban J connectivity index is 1.37. The van der Waals surface area contributed by atoms with Gasteiger partial charge in [-0.15, -0.1) is 0 Å². The molecule has 1 saturated heterocycles. The maximum Gasteiger partial charge on any atom is 0.171 e. The second kappa shape index (κ2) is 10.2. The van der Waals surface area contributed by atoms with Crippen LogP contribution in [0.3, 0.4) is 0 Å². The summed E-state index contributed by atoms with van der Waals surface area (Å²) in [6.07, 6.45) is -0.154. The lowest BCUT2D eigenvalue weighted by Gasteiger charge is -2.19. The molecular formula is C24H29F3N6O3S. The lowest BCUT2D eigenvalue weighted by atomic mass is 10.0. The first kappa shape index (κ1) is 25.9. The van der Waals surface area contributed by atoms with Gasteiger partial charge < -0.3 is 31.7 Å². The highest BCUT2D eigenvalue weighted by atomic mass is 32.1. The average molecular weight is 539 g/mol. The van der Waals surface area contributed by atoms with Gasteiger partial charge in [0.25, 0.3) is 0 Å². The number of aliphatic hydroxyl groups is 2. The van der Waals surface area contributed by atoms with Crippen molar-refractivity contribution >= 4 is 22.0 Å². The van der Waals surface area contributed by atoms with E-state index in [0.717, 1.165) is 36.3 Å². The van der Waals surface area contributed by atoms with E-state index in [0.29, 0.717) is 24.2 Å². The normalized spacial score (nSPS) is 24.0. The molecule has 0 amide bonds. The van der Waals surface area contributed by atoms with Crippen LogP contribution in [0.15, 0.2) is 18.3 Å². The number of rotatable bonds is 7. The summed E-state index contributed by atoms with van der Waals surface area (Å²) >= 11 is 0.831. The van der Waals surface area contributed by atoms with E-state index in [4.69, 9.17) is 16.2 Å². The van der Waals surface area contributed by atoms with E-state index in [1.807, 2.05) is 0 Å². The maximum absolute atomic E-state index is 14.9. The second-order valence-electron chi connectivity index (χ2n) is 9.60. The number of anilines is 2. The number of nitrogens with one attached hydrogen (secondary N) is 1. The molecule has 37 heavy (non-hydrogen) atoms. The van der Waals surface area contributed by atoms with Crippen LogP contribution in [-0.2, 0) is 11.8 Å². The summed E-state index contributed by atoms with van der Waals surface area (Å²) in [5.41, 5.74) is 12.7. The number of thiazole rings is 1. The van der Waals surface area contributed by atoms with Crippen LogP contribution in [-0.4, -0.2) is 43.8 Å². The molecule has 0 bridgehead atoms. The van der Waals surface area contributed by atoms with Gasteiger partial charge in [-0.2, -0.15) is 5.10 Å². The van der Waals surface area contributed by atoms with Crippen molar-refractivity contribution in [3.8, 4) is 10.6 Å². The Morgan fingerprint density at radius 3 is 2.57 bits per heavy atom. The van der Waals surface area contributed by atoms with Gasteiger partial charge in [-0.05, 0) is 49.3 Å². The Hall–Kier alpha value is -2.71. The fraction of sp³-hybridized carbons (Fsp3) is 0.500. The number of hydrogen-bond donors (Lipinski definition) is 5. The number of nitrogen functional groups attached to an aromatic ring is 1. The molecule has 3 aromatic rings. The first-order valence-corrected chi connectivity index (χ1v) is 12.9. The van der Waals surface area contributed by atoms with Crippen LogP contribution < -0.4 is 16.8 Å². The number of aliphatic hydroxyl groups excluding tert-OH is 2. The first-order valence-electron chi connectivity index (χ1n) is 12.0. The molecule has 1 aliphatic carbocycles. The van der Waals surface area contributed by atoms with Gasteiger partial charge in [-0.1, -0.05) is 11.3 Å². The zero-order valence-electron chi connectivity index (χ0n) is 20.1. The number of alkyl halides is 1. The van der Waals surface area contributed by atoms with Crippen molar-refractivity contribution in [2.45, 2.75) is 56.3 Å². The highest BCUT2D eigenvalue weighted by Crippen LogP contribution is 2.43. The van der Waals surface area contributed by atoms with Crippen LogP contribution in [0.2, 0.25) is 0 Å². The van der Waals surface area contributed by atoms with Gasteiger partial charge in [0.1, 0.15) is 39.6 Å².